The molecule has 0 spiro atoms. The summed E-state index contributed by atoms with van der Waals surface area (Å²) in [6.07, 6.45) is -4.68. The van der Waals surface area contributed by atoms with Gasteiger partial charge in [0.05, 0.1) is 21.4 Å². The number of nitrogens with zero attached hydrogens (tertiary/aromatic N) is 3. The van der Waals surface area contributed by atoms with Gasteiger partial charge in [-0.15, -0.1) is 0 Å². The van der Waals surface area contributed by atoms with Gasteiger partial charge in [0, 0.05) is 17.3 Å². The van der Waals surface area contributed by atoms with E-state index in [-0.39, 0.29) is 16.5 Å². The van der Waals surface area contributed by atoms with Crippen molar-refractivity contribution in [2.45, 2.75) is 23.5 Å². The molecule has 37 heavy (non-hydrogen) atoms. The zero-order valence-electron chi connectivity index (χ0n) is 19.3. The Kier molecular flexibility index (Phi) is 7.53. The minimum absolute atomic E-state index is 0.0414. The summed E-state index contributed by atoms with van der Waals surface area (Å²) in [6, 6.07) is 22.0. The number of amides is 1. The van der Waals surface area contributed by atoms with Crippen molar-refractivity contribution in [2.75, 3.05) is 5.32 Å². The lowest BCUT2D eigenvalue weighted by atomic mass is 10.0. The number of rotatable bonds is 7. The van der Waals surface area contributed by atoms with Gasteiger partial charge in [0.2, 0.25) is 5.91 Å². The number of para-hydroxylation sites is 1. The number of halogens is 3. The summed E-state index contributed by atoms with van der Waals surface area (Å²) in [5.41, 5.74) is 0.914. The van der Waals surface area contributed by atoms with Gasteiger partial charge in [-0.3, -0.25) is 14.9 Å². The highest BCUT2D eigenvalue weighted by molar-refractivity contribution is 8.00. The number of nitrogens with one attached hydrogen (secondary N) is 1. The number of benzene rings is 3. The third-order valence-corrected chi connectivity index (χ3v) is 6.24. The fourth-order valence-corrected chi connectivity index (χ4v) is 4.23. The molecule has 0 saturated carbocycles. The number of carbonyl (C=O) groups is 1. The summed E-state index contributed by atoms with van der Waals surface area (Å²) < 4.78 is 40.4. The molecule has 0 radical (unpaired) electrons. The van der Waals surface area contributed by atoms with E-state index in [2.05, 4.69) is 15.3 Å². The Morgan fingerprint density at radius 3 is 2.24 bits per heavy atom. The van der Waals surface area contributed by atoms with E-state index in [1.165, 1.54) is 13.0 Å². The average molecular weight is 525 g/mol. The fourth-order valence-electron chi connectivity index (χ4n) is 3.45. The van der Waals surface area contributed by atoms with E-state index in [1.807, 2.05) is 0 Å². The molecule has 0 aliphatic rings. The smallest absolute Gasteiger partial charge is 0.325 e. The SMILES string of the molecule is CC(Sc1nc(-c2ccccc2)cc(C(F)(F)F)n1)C(=O)Nc1ccc(-c2ccccc2[N+](=O)[O-])cc1. The molecule has 4 rings (SSSR count). The predicted octanol–water partition coefficient (Wildman–Crippen LogP) is 6.86. The zero-order chi connectivity index (χ0) is 26.6. The van der Waals surface area contributed by atoms with E-state index in [0.717, 1.165) is 17.8 Å². The molecule has 11 heteroatoms. The first kappa shape index (κ1) is 25.8. The van der Waals surface area contributed by atoms with Crippen LogP contribution in [0, 0.1) is 10.1 Å². The molecule has 0 aliphatic carbocycles. The van der Waals surface area contributed by atoms with E-state index in [9.17, 15) is 28.1 Å². The molecule has 0 aliphatic heterocycles. The van der Waals surface area contributed by atoms with Crippen LogP contribution in [0.1, 0.15) is 12.6 Å². The van der Waals surface area contributed by atoms with Crippen molar-refractivity contribution >= 4 is 29.0 Å². The van der Waals surface area contributed by atoms with E-state index >= 15 is 0 Å². The molecule has 0 fully saturated rings. The molecule has 3 aromatic carbocycles. The van der Waals surface area contributed by atoms with Crippen molar-refractivity contribution in [1.82, 2.24) is 9.97 Å². The highest BCUT2D eigenvalue weighted by Gasteiger charge is 2.34. The Morgan fingerprint density at radius 2 is 1.59 bits per heavy atom. The summed E-state index contributed by atoms with van der Waals surface area (Å²) >= 11 is 0.806. The van der Waals surface area contributed by atoms with Gasteiger partial charge in [-0.25, -0.2) is 9.97 Å². The lowest BCUT2D eigenvalue weighted by Gasteiger charge is -2.14. The number of thioether (sulfide) groups is 1. The molecule has 7 nitrogen and oxygen atoms in total. The maximum Gasteiger partial charge on any atom is 0.433 e. The molecule has 1 N–H and O–H groups in total. The Morgan fingerprint density at radius 1 is 0.946 bits per heavy atom. The molecule has 4 aromatic rings. The lowest BCUT2D eigenvalue weighted by molar-refractivity contribution is -0.384. The molecular formula is C26H19F3N4O3S. The van der Waals surface area contributed by atoms with Crippen LogP contribution < -0.4 is 5.32 Å². The van der Waals surface area contributed by atoms with Crippen LogP contribution in [0.3, 0.4) is 0 Å². The Balaban J connectivity index is 1.50. The highest BCUT2D eigenvalue weighted by atomic mass is 32.2. The molecule has 1 heterocycles. The predicted molar refractivity (Wildman–Crippen MR) is 135 cm³/mol. The average Bonchev–Trinajstić information content (AvgIpc) is 2.89. The third kappa shape index (κ3) is 6.31. The maximum atomic E-state index is 13.5. The quantitative estimate of drug-likeness (QED) is 0.123. The number of anilines is 1. The van der Waals surface area contributed by atoms with Gasteiger partial charge < -0.3 is 5.32 Å². The van der Waals surface area contributed by atoms with Crippen molar-refractivity contribution in [3.8, 4) is 22.4 Å². The Labute approximate surface area is 213 Å². The number of nitro benzene ring substituents is 1. The summed E-state index contributed by atoms with van der Waals surface area (Å²) in [4.78, 5) is 31.4. The number of carbonyl (C=O) groups excluding carboxylic acids is 1. The van der Waals surface area contributed by atoms with Crippen LogP contribution in [-0.4, -0.2) is 26.0 Å². The zero-order valence-corrected chi connectivity index (χ0v) is 20.1. The van der Waals surface area contributed by atoms with E-state index in [0.29, 0.717) is 22.4 Å². The van der Waals surface area contributed by atoms with Crippen molar-refractivity contribution in [3.05, 3.63) is 101 Å². The van der Waals surface area contributed by atoms with Crippen LogP contribution in [0.4, 0.5) is 24.5 Å². The molecule has 0 bridgehead atoms. The van der Waals surface area contributed by atoms with Gasteiger partial charge in [0.15, 0.2) is 5.16 Å². The first-order valence-electron chi connectivity index (χ1n) is 10.9. The van der Waals surface area contributed by atoms with Crippen molar-refractivity contribution in [2.24, 2.45) is 0 Å². The largest absolute Gasteiger partial charge is 0.433 e. The first-order chi connectivity index (χ1) is 17.6. The van der Waals surface area contributed by atoms with Crippen LogP contribution in [0.5, 0.6) is 0 Å². The van der Waals surface area contributed by atoms with Gasteiger partial charge >= 0.3 is 6.18 Å². The van der Waals surface area contributed by atoms with Crippen LogP contribution in [-0.2, 0) is 11.0 Å². The third-order valence-electron chi connectivity index (χ3n) is 5.28. The van der Waals surface area contributed by atoms with Crippen LogP contribution in [0.2, 0.25) is 0 Å². The summed E-state index contributed by atoms with van der Waals surface area (Å²) in [6.45, 7) is 1.54. The number of nitro groups is 1. The summed E-state index contributed by atoms with van der Waals surface area (Å²) in [7, 11) is 0. The van der Waals surface area contributed by atoms with Crippen molar-refractivity contribution in [1.29, 1.82) is 0 Å². The second-order valence-electron chi connectivity index (χ2n) is 7.89. The number of alkyl halides is 3. The van der Waals surface area contributed by atoms with Gasteiger partial charge in [-0.05, 0) is 36.8 Å². The van der Waals surface area contributed by atoms with Crippen molar-refractivity contribution in [3.63, 3.8) is 0 Å². The van der Waals surface area contributed by atoms with Gasteiger partial charge in [0.25, 0.3) is 5.69 Å². The highest BCUT2D eigenvalue weighted by Crippen LogP contribution is 2.33. The minimum Gasteiger partial charge on any atom is -0.325 e. The summed E-state index contributed by atoms with van der Waals surface area (Å²) in [5, 5.41) is 13.0. The molecule has 0 saturated heterocycles. The number of aromatic nitrogens is 2. The minimum atomic E-state index is -4.68. The maximum absolute atomic E-state index is 13.5. The standard InChI is InChI=1S/C26H19F3N4O3S/c1-16(37-25-31-21(18-7-3-2-4-8-18)15-23(32-25)26(27,28)29)24(34)30-19-13-11-17(12-14-19)20-9-5-6-10-22(20)33(35)36/h2-16H,1H3,(H,30,34). The van der Waals surface area contributed by atoms with E-state index < -0.39 is 28.0 Å². The van der Waals surface area contributed by atoms with Gasteiger partial charge in [-0.1, -0.05) is 66.4 Å². The topological polar surface area (TPSA) is 98.0 Å². The first-order valence-corrected chi connectivity index (χ1v) is 11.8. The fraction of sp³-hybridized carbons (Fsp3) is 0.115. The second-order valence-corrected chi connectivity index (χ2v) is 9.19. The Hall–Kier alpha value is -4.25. The molecule has 1 aromatic heterocycles. The van der Waals surface area contributed by atoms with Crippen LogP contribution in [0.25, 0.3) is 22.4 Å². The summed E-state index contributed by atoms with van der Waals surface area (Å²) in [5.74, 6) is -0.467. The molecule has 188 valence electrons. The molecule has 1 atom stereocenters. The molecule has 1 amide bonds. The van der Waals surface area contributed by atoms with Crippen LogP contribution >= 0.6 is 11.8 Å². The van der Waals surface area contributed by atoms with Crippen molar-refractivity contribution < 1.29 is 22.9 Å². The number of hydrogen-bond donors (Lipinski definition) is 1. The van der Waals surface area contributed by atoms with Gasteiger partial charge in [-0.2, -0.15) is 13.2 Å². The molecule has 1 unspecified atom stereocenters. The van der Waals surface area contributed by atoms with Crippen LogP contribution in [0.15, 0.2) is 90.1 Å². The number of hydrogen-bond acceptors (Lipinski definition) is 6. The second kappa shape index (κ2) is 10.8. The Bertz CT molecular complexity index is 1430. The molecular weight excluding hydrogens is 505 g/mol. The van der Waals surface area contributed by atoms with E-state index in [1.54, 1.807) is 72.8 Å². The normalized spacial score (nSPS) is 12.1. The lowest BCUT2D eigenvalue weighted by Crippen LogP contribution is -2.23. The van der Waals surface area contributed by atoms with Gasteiger partial charge in [0.1, 0.15) is 5.69 Å². The van der Waals surface area contributed by atoms with E-state index in [4.69, 9.17) is 0 Å². The monoisotopic (exact) mass is 524 g/mol.